The summed E-state index contributed by atoms with van der Waals surface area (Å²) in [6.45, 7) is 1.92. The lowest BCUT2D eigenvalue weighted by atomic mass is 9.87. The van der Waals surface area contributed by atoms with Crippen LogP contribution in [-0.4, -0.2) is 48.3 Å². The van der Waals surface area contributed by atoms with Crippen molar-refractivity contribution in [2.75, 3.05) is 18.7 Å². The van der Waals surface area contributed by atoms with Crippen molar-refractivity contribution in [3.05, 3.63) is 29.8 Å². The second kappa shape index (κ2) is 9.07. The largest absolute Gasteiger partial charge is 0.452 e. The summed E-state index contributed by atoms with van der Waals surface area (Å²) in [5.41, 5.74) is 3.23. The van der Waals surface area contributed by atoms with Gasteiger partial charge in [-0.2, -0.15) is 0 Å². The van der Waals surface area contributed by atoms with Crippen LogP contribution in [0.4, 0.5) is 5.69 Å². The fourth-order valence-corrected chi connectivity index (χ4v) is 3.68. The van der Waals surface area contributed by atoms with E-state index in [1.807, 2.05) is 0 Å². The average molecular weight is 401 g/mol. The molecule has 2 aliphatic rings. The molecule has 8 heteroatoms. The molecule has 29 heavy (non-hydrogen) atoms. The summed E-state index contributed by atoms with van der Waals surface area (Å²) in [6.07, 6.45) is 4.48. The first-order valence-electron chi connectivity index (χ1n) is 10.0. The van der Waals surface area contributed by atoms with E-state index in [2.05, 4.69) is 12.3 Å². The van der Waals surface area contributed by atoms with Crippen molar-refractivity contribution in [2.45, 2.75) is 51.5 Å². The standard InChI is InChI=1S/C21H27N3O5/c1-14-3-7-16(8-4-14)23(2)20(27)13-29-21(28)15-5-9-17(10-6-15)24-19(26)12-11-18(25)22-24/h5-6,9-10,14,16H,3-4,7-8,11-13H2,1-2H3,(H,22,25). The van der Waals surface area contributed by atoms with E-state index >= 15 is 0 Å². The van der Waals surface area contributed by atoms with Gasteiger partial charge in [-0.05, 0) is 55.9 Å². The molecule has 0 aromatic heterocycles. The van der Waals surface area contributed by atoms with Crippen LogP contribution < -0.4 is 10.4 Å². The number of nitrogens with zero attached hydrogens (tertiary/aromatic N) is 2. The number of hydrogen-bond donors (Lipinski definition) is 1. The van der Waals surface area contributed by atoms with Gasteiger partial charge in [0.25, 0.3) is 5.91 Å². The highest BCUT2D eigenvalue weighted by atomic mass is 16.5. The summed E-state index contributed by atoms with van der Waals surface area (Å²) in [5.74, 6) is -0.571. The van der Waals surface area contributed by atoms with E-state index in [0.29, 0.717) is 11.6 Å². The summed E-state index contributed by atoms with van der Waals surface area (Å²) in [5, 5.41) is 1.17. The Bertz CT molecular complexity index is 784. The normalized spacial score (nSPS) is 22.1. The van der Waals surface area contributed by atoms with Gasteiger partial charge in [-0.3, -0.25) is 19.8 Å². The van der Waals surface area contributed by atoms with Crippen LogP contribution in [0, 0.1) is 5.92 Å². The van der Waals surface area contributed by atoms with Crippen LogP contribution in [0.15, 0.2) is 24.3 Å². The number of hydrogen-bond acceptors (Lipinski definition) is 5. The van der Waals surface area contributed by atoms with Crippen LogP contribution in [0.2, 0.25) is 0 Å². The molecule has 0 bridgehead atoms. The number of ether oxygens (including phenoxy) is 1. The van der Waals surface area contributed by atoms with Crippen LogP contribution in [0.25, 0.3) is 0 Å². The van der Waals surface area contributed by atoms with E-state index in [-0.39, 0.29) is 48.8 Å². The van der Waals surface area contributed by atoms with Crippen LogP contribution in [-0.2, 0) is 19.1 Å². The maximum absolute atomic E-state index is 12.4. The molecule has 3 amide bonds. The SMILES string of the molecule is CC1CCC(N(C)C(=O)COC(=O)c2ccc(N3NC(=O)CCC3=O)cc2)CC1. The molecular formula is C21H27N3O5. The molecule has 0 radical (unpaired) electrons. The molecule has 2 fully saturated rings. The highest BCUT2D eigenvalue weighted by Gasteiger charge is 2.26. The first kappa shape index (κ1) is 20.8. The number of benzene rings is 1. The molecule has 1 aromatic rings. The fraction of sp³-hybridized carbons (Fsp3) is 0.524. The minimum atomic E-state index is -0.607. The summed E-state index contributed by atoms with van der Waals surface area (Å²) in [7, 11) is 1.76. The highest BCUT2D eigenvalue weighted by Crippen LogP contribution is 2.26. The smallest absolute Gasteiger partial charge is 0.338 e. The van der Waals surface area contributed by atoms with Crippen molar-refractivity contribution in [2.24, 2.45) is 5.92 Å². The summed E-state index contributed by atoms with van der Waals surface area (Å²) >= 11 is 0. The Morgan fingerprint density at radius 3 is 2.41 bits per heavy atom. The minimum absolute atomic E-state index is 0.144. The van der Waals surface area contributed by atoms with Gasteiger partial charge < -0.3 is 9.64 Å². The van der Waals surface area contributed by atoms with E-state index in [9.17, 15) is 19.2 Å². The molecule has 1 saturated carbocycles. The van der Waals surface area contributed by atoms with E-state index in [4.69, 9.17) is 4.74 Å². The van der Waals surface area contributed by atoms with Gasteiger partial charge in [0.05, 0.1) is 11.3 Å². The Kier molecular flexibility index (Phi) is 6.51. The monoisotopic (exact) mass is 401 g/mol. The Balaban J connectivity index is 1.52. The highest BCUT2D eigenvalue weighted by molar-refractivity contribution is 6.01. The lowest BCUT2D eigenvalue weighted by molar-refractivity contribution is -0.136. The molecule has 1 aliphatic heterocycles. The maximum Gasteiger partial charge on any atom is 0.338 e. The Morgan fingerprint density at radius 1 is 1.10 bits per heavy atom. The molecule has 0 atom stereocenters. The molecule has 3 rings (SSSR count). The van der Waals surface area contributed by atoms with Crippen LogP contribution in [0.3, 0.4) is 0 Å². The summed E-state index contributed by atoms with van der Waals surface area (Å²) in [4.78, 5) is 49.7. The molecule has 1 N–H and O–H groups in total. The van der Waals surface area contributed by atoms with E-state index in [1.54, 1.807) is 24.1 Å². The summed E-state index contributed by atoms with van der Waals surface area (Å²) < 4.78 is 5.17. The van der Waals surface area contributed by atoms with Crippen molar-refractivity contribution in [1.29, 1.82) is 0 Å². The molecule has 8 nitrogen and oxygen atoms in total. The molecule has 1 saturated heterocycles. The summed E-state index contributed by atoms with van der Waals surface area (Å²) in [6, 6.07) is 6.31. The van der Waals surface area contributed by atoms with Gasteiger partial charge in [0.15, 0.2) is 6.61 Å². The lowest BCUT2D eigenvalue weighted by Gasteiger charge is -2.33. The minimum Gasteiger partial charge on any atom is -0.452 e. The lowest BCUT2D eigenvalue weighted by Crippen LogP contribution is -2.50. The number of nitrogens with one attached hydrogen (secondary N) is 1. The van der Waals surface area contributed by atoms with E-state index in [0.717, 1.165) is 25.7 Å². The molecule has 1 aromatic carbocycles. The number of likely N-dealkylation sites (N-methyl/N-ethyl adjacent to an activating group) is 1. The number of esters is 1. The average Bonchev–Trinajstić information content (AvgIpc) is 2.73. The van der Waals surface area contributed by atoms with Gasteiger partial charge in [0, 0.05) is 25.9 Å². The Labute approximate surface area is 170 Å². The predicted octanol–water partition coefficient (Wildman–Crippen LogP) is 2.04. The van der Waals surface area contributed by atoms with Crippen LogP contribution in [0.1, 0.15) is 55.8 Å². The Morgan fingerprint density at radius 2 is 1.76 bits per heavy atom. The maximum atomic E-state index is 12.4. The molecule has 0 spiro atoms. The number of amides is 3. The predicted molar refractivity (Wildman–Crippen MR) is 106 cm³/mol. The number of rotatable bonds is 5. The molecule has 1 heterocycles. The van der Waals surface area contributed by atoms with Crippen molar-refractivity contribution in [3.63, 3.8) is 0 Å². The number of hydrazine groups is 1. The van der Waals surface area contributed by atoms with Gasteiger partial charge in [-0.25, -0.2) is 9.80 Å². The van der Waals surface area contributed by atoms with Crippen molar-refractivity contribution in [3.8, 4) is 0 Å². The van der Waals surface area contributed by atoms with Gasteiger partial charge in [0.2, 0.25) is 11.8 Å². The van der Waals surface area contributed by atoms with Gasteiger partial charge in [0.1, 0.15) is 0 Å². The second-order valence-electron chi connectivity index (χ2n) is 7.81. The van der Waals surface area contributed by atoms with Crippen LogP contribution >= 0.6 is 0 Å². The first-order valence-corrected chi connectivity index (χ1v) is 10.0. The number of carbonyl (C=O) groups is 4. The zero-order valence-electron chi connectivity index (χ0n) is 16.8. The van der Waals surface area contributed by atoms with E-state index in [1.165, 1.54) is 17.1 Å². The zero-order valence-corrected chi connectivity index (χ0v) is 16.8. The molecular weight excluding hydrogens is 374 g/mol. The van der Waals surface area contributed by atoms with Gasteiger partial charge in [-0.1, -0.05) is 6.92 Å². The number of carbonyl (C=O) groups excluding carboxylic acids is 4. The van der Waals surface area contributed by atoms with Crippen molar-refractivity contribution in [1.82, 2.24) is 10.3 Å². The van der Waals surface area contributed by atoms with E-state index < -0.39 is 5.97 Å². The first-order chi connectivity index (χ1) is 13.8. The third-order valence-corrected chi connectivity index (χ3v) is 5.67. The van der Waals surface area contributed by atoms with Crippen molar-refractivity contribution >= 4 is 29.4 Å². The number of anilines is 1. The molecule has 156 valence electrons. The molecule has 0 unspecified atom stereocenters. The topological polar surface area (TPSA) is 96.0 Å². The van der Waals surface area contributed by atoms with Crippen molar-refractivity contribution < 1.29 is 23.9 Å². The third kappa shape index (κ3) is 5.13. The van der Waals surface area contributed by atoms with Gasteiger partial charge >= 0.3 is 5.97 Å². The zero-order chi connectivity index (χ0) is 21.0. The second-order valence-corrected chi connectivity index (χ2v) is 7.81. The quantitative estimate of drug-likeness (QED) is 0.762. The van der Waals surface area contributed by atoms with Gasteiger partial charge in [-0.15, -0.1) is 0 Å². The molecule has 1 aliphatic carbocycles. The Hall–Kier alpha value is -2.90. The fourth-order valence-electron chi connectivity index (χ4n) is 3.68. The third-order valence-electron chi connectivity index (χ3n) is 5.67. The van der Waals surface area contributed by atoms with Crippen LogP contribution in [0.5, 0.6) is 0 Å².